The number of hydrogen-bond acceptors (Lipinski definition) is 5. The van der Waals surface area contributed by atoms with E-state index >= 15 is 0 Å². The monoisotopic (exact) mass is 556 g/mol. The summed E-state index contributed by atoms with van der Waals surface area (Å²) in [6.45, 7) is 0.0309. The topological polar surface area (TPSA) is 66.9 Å². The van der Waals surface area contributed by atoms with Crippen LogP contribution in [0.4, 0.5) is 4.39 Å². The molecule has 1 aliphatic heterocycles. The third-order valence-corrected chi connectivity index (χ3v) is 9.40. The van der Waals surface area contributed by atoms with Gasteiger partial charge in [0.1, 0.15) is 10.7 Å². The molecule has 3 aromatic rings. The van der Waals surface area contributed by atoms with Crippen molar-refractivity contribution >= 4 is 50.5 Å². The van der Waals surface area contributed by atoms with Crippen molar-refractivity contribution in [3.63, 3.8) is 0 Å². The molecule has 0 saturated carbocycles. The Bertz CT molecular complexity index is 1320. The minimum absolute atomic E-state index is 0.00865. The predicted octanol–water partition coefficient (Wildman–Crippen LogP) is 5.01. The normalized spacial score (nSPS) is 15.9. The average molecular weight is 557 g/mol. The Kier molecular flexibility index (Phi) is 8.15. The molecule has 1 aromatic heterocycles. The van der Waals surface area contributed by atoms with Crippen LogP contribution in [0.5, 0.6) is 0 Å². The minimum atomic E-state index is -4.16. The lowest BCUT2D eigenvalue weighted by molar-refractivity contribution is -0.133. The third kappa shape index (κ3) is 5.55. The molecular weight excluding hydrogens is 534 g/mol. The van der Waals surface area contributed by atoms with Gasteiger partial charge in [0.25, 0.3) is 0 Å². The highest BCUT2D eigenvalue weighted by molar-refractivity contribution is 7.89. The SMILES string of the molecule is COCCN(CC(=O)N1CCc2sccc2C1c1ccc(F)cc1)S(=O)(=O)c1cc(Cl)ccc1Cl. The number of thiophene rings is 1. The van der Waals surface area contributed by atoms with Crippen molar-refractivity contribution in [3.8, 4) is 0 Å². The number of ether oxygens (including phenoxy) is 1. The number of halogens is 3. The van der Waals surface area contributed by atoms with Gasteiger partial charge in [-0.2, -0.15) is 4.31 Å². The maximum absolute atomic E-state index is 13.6. The molecule has 2 aromatic carbocycles. The van der Waals surface area contributed by atoms with Crippen LogP contribution in [0.3, 0.4) is 0 Å². The van der Waals surface area contributed by atoms with Crippen molar-refractivity contribution in [2.45, 2.75) is 17.4 Å². The average Bonchev–Trinajstić information content (AvgIpc) is 3.32. The van der Waals surface area contributed by atoms with E-state index in [0.29, 0.717) is 13.0 Å². The number of rotatable bonds is 8. The number of carbonyl (C=O) groups excluding carboxylic acids is 1. The Morgan fingerprint density at radius 2 is 1.94 bits per heavy atom. The van der Waals surface area contributed by atoms with Crippen molar-refractivity contribution in [2.24, 2.45) is 0 Å². The molecule has 0 bridgehead atoms. The summed E-state index contributed by atoms with van der Waals surface area (Å²) in [5, 5.41) is 2.18. The molecule has 1 amide bonds. The smallest absolute Gasteiger partial charge is 0.245 e. The van der Waals surface area contributed by atoms with Crippen LogP contribution in [0.1, 0.15) is 22.0 Å². The molecule has 2 heterocycles. The van der Waals surface area contributed by atoms with Crippen molar-refractivity contribution in [2.75, 3.05) is 33.4 Å². The molecule has 35 heavy (non-hydrogen) atoms. The molecule has 11 heteroatoms. The van der Waals surface area contributed by atoms with E-state index in [0.717, 1.165) is 20.3 Å². The van der Waals surface area contributed by atoms with Gasteiger partial charge in [-0.3, -0.25) is 4.79 Å². The standard InChI is InChI=1S/C24H23Cl2FN2O4S2/c1-33-12-11-28(35(31,32)22-14-17(25)4-7-20(22)26)15-23(30)29-10-8-21-19(9-13-34-21)24(29)16-2-5-18(27)6-3-16/h2-7,9,13-14,24H,8,10-12,15H2,1H3. The first-order valence-corrected chi connectivity index (χ1v) is 13.8. The summed E-state index contributed by atoms with van der Waals surface area (Å²) < 4.78 is 46.7. The van der Waals surface area contributed by atoms with E-state index in [4.69, 9.17) is 27.9 Å². The van der Waals surface area contributed by atoms with Crippen LogP contribution in [0.25, 0.3) is 0 Å². The maximum Gasteiger partial charge on any atom is 0.245 e. The van der Waals surface area contributed by atoms with Crippen molar-refractivity contribution in [3.05, 3.63) is 85.8 Å². The van der Waals surface area contributed by atoms with Gasteiger partial charge in [0.2, 0.25) is 15.9 Å². The van der Waals surface area contributed by atoms with E-state index < -0.39 is 22.6 Å². The van der Waals surface area contributed by atoms with E-state index in [1.54, 1.807) is 28.4 Å². The Labute approximate surface area is 217 Å². The molecule has 1 atom stereocenters. The molecule has 0 spiro atoms. The molecule has 0 saturated heterocycles. The predicted molar refractivity (Wildman–Crippen MR) is 135 cm³/mol. The van der Waals surface area contributed by atoms with Gasteiger partial charge in [0, 0.05) is 30.1 Å². The van der Waals surface area contributed by atoms with E-state index in [9.17, 15) is 17.6 Å². The molecule has 6 nitrogen and oxygen atoms in total. The second-order valence-corrected chi connectivity index (χ2v) is 11.7. The molecular formula is C24H23Cl2FN2O4S2. The van der Waals surface area contributed by atoms with Crippen LogP contribution in [-0.2, 0) is 26.0 Å². The maximum atomic E-state index is 13.6. The zero-order chi connectivity index (χ0) is 25.2. The number of benzene rings is 2. The van der Waals surface area contributed by atoms with E-state index in [-0.39, 0.29) is 39.8 Å². The molecule has 0 aliphatic carbocycles. The van der Waals surface area contributed by atoms with Crippen LogP contribution in [-0.4, -0.2) is 56.9 Å². The third-order valence-electron chi connectivity index (χ3n) is 5.84. The number of fused-ring (bicyclic) bond motifs is 1. The molecule has 4 rings (SSSR count). The van der Waals surface area contributed by atoms with Crippen molar-refractivity contribution in [1.82, 2.24) is 9.21 Å². The lowest BCUT2D eigenvalue weighted by Crippen LogP contribution is -2.47. The summed E-state index contributed by atoms with van der Waals surface area (Å²) in [7, 11) is -2.71. The van der Waals surface area contributed by atoms with Gasteiger partial charge in [-0.25, -0.2) is 12.8 Å². The van der Waals surface area contributed by atoms with E-state index in [2.05, 4.69) is 0 Å². The van der Waals surface area contributed by atoms with E-state index in [1.165, 1.54) is 37.4 Å². The summed E-state index contributed by atoms with van der Waals surface area (Å²) in [4.78, 5) is 16.3. The fourth-order valence-electron chi connectivity index (χ4n) is 4.12. The van der Waals surface area contributed by atoms with Gasteiger partial charge in [0.15, 0.2) is 0 Å². The van der Waals surface area contributed by atoms with Gasteiger partial charge >= 0.3 is 0 Å². The van der Waals surface area contributed by atoms with Gasteiger partial charge in [-0.15, -0.1) is 11.3 Å². The Morgan fingerprint density at radius 1 is 1.20 bits per heavy atom. The molecule has 1 aliphatic rings. The summed E-state index contributed by atoms with van der Waals surface area (Å²) in [6, 6.07) is 11.7. The number of hydrogen-bond donors (Lipinski definition) is 0. The first-order chi connectivity index (χ1) is 16.7. The molecule has 0 N–H and O–H groups in total. The minimum Gasteiger partial charge on any atom is -0.383 e. The van der Waals surface area contributed by atoms with Gasteiger partial charge in [-0.1, -0.05) is 35.3 Å². The quantitative estimate of drug-likeness (QED) is 0.391. The number of sulfonamides is 1. The lowest BCUT2D eigenvalue weighted by Gasteiger charge is -2.37. The number of nitrogens with zero attached hydrogens (tertiary/aromatic N) is 2. The van der Waals surface area contributed by atoms with Crippen molar-refractivity contribution in [1.29, 1.82) is 0 Å². The fourth-order valence-corrected chi connectivity index (χ4v) is 7.14. The van der Waals surface area contributed by atoms with Crippen LogP contribution < -0.4 is 0 Å². The largest absolute Gasteiger partial charge is 0.383 e. The summed E-state index contributed by atoms with van der Waals surface area (Å²) in [5.41, 5.74) is 1.72. The second kappa shape index (κ2) is 10.9. The molecule has 0 radical (unpaired) electrons. The molecule has 1 unspecified atom stereocenters. The first kappa shape index (κ1) is 26.1. The second-order valence-electron chi connectivity index (χ2n) is 8.00. The first-order valence-electron chi connectivity index (χ1n) is 10.8. The lowest BCUT2D eigenvalue weighted by atomic mass is 9.93. The Hall–Kier alpha value is -2.01. The van der Waals surface area contributed by atoms with Crippen LogP contribution in [0.15, 0.2) is 58.8 Å². The molecule has 0 fully saturated rings. The van der Waals surface area contributed by atoms with Crippen LogP contribution in [0, 0.1) is 5.82 Å². The van der Waals surface area contributed by atoms with E-state index in [1.807, 2.05) is 11.4 Å². The van der Waals surface area contributed by atoms with Gasteiger partial charge in [-0.05, 0) is 59.3 Å². The highest BCUT2D eigenvalue weighted by atomic mass is 35.5. The Morgan fingerprint density at radius 3 is 2.66 bits per heavy atom. The fraction of sp³-hybridized carbons (Fsp3) is 0.292. The number of methoxy groups -OCH3 is 1. The summed E-state index contributed by atoms with van der Waals surface area (Å²) >= 11 is 13.8. The highest BCUT2D eigenvalue weighted by Gasteiger charge is 2.36. The Balaban J connectivity index is 1.67. The number of carbonyl (C=O) groups is 1. The van der Waals surface area contributed by atoms with Gasteiger partial charge in [0.05, 0.1) is 24.2 Å². The zero-order valence-electron chi connectivity index (χ0n) is 18.8. The highest BCUT2D eigenvalue weighted by Crippen LogP contribution is 2.38. The summed E-state index contributed by atoms with van der Waals surface area (Å²) in [6.07, 6.45) is 0.654. The zero-order valence-corrected chi connectivity index (χ0v) is 21.9. The van der Waals surface area contributed by atoms with Crippen LogP contribution >= 0.6 is 34.5 Å². The number of amides is 1. The van der Waals surface area contributed by atoms with Gasteiger partial charge < -0.3 is 9.64 Å². The molecule has 186 valence electrons. The summed E-state index contributed by atoms with van der Waals surface area (Å²) in [5.74, 6) is -0.753. The van der Waals surface area contributed by atoms with Crippen LogP contribution in [0.2, 0.25) is 10.0 Å². The van der Waals surface area contributed by atoms with Crippen molar-refractivity contribution < 1.29 is 22.3 Å².